The number of hydrogen-bond donors (Lipinski definition) is 0. The third-order valence-electron chi connectivity index (χ3n) is 2.17. The molecule has 0 aliphatic carbocycles. The molecule has 13 heavy (non-hydrogen) atoms. The van der Waals surface area contributed by atoms with Crippen LogP contribution in [0.25, 0.3) is 5.70 Å². The fourth-order valence-electron chi connectivity index (χ4n) is 1.41. The SMILES string of the molecule is C1=NC(c2ccccn2)=C[C@@H]2O[C@H]12. The van der Waals surface area contributed by atoms with Gasteiger partial charge >= 0.3 is 0 Å². The van der Waals surface area contributed by atoms with Crippen LogP contribution in [0.15, 0.2) is 35.5 Å². The molecule has 3 rings (SSSR count). The molecular weight excluding hydrogens is 164 g/mol. The van der Waals surface area contributed by atoms with E-state index in [2.05, 4.69) is 9.98 Å². The largest absolute Gasteiger partial charge is 0.359 e. The lowest BCUT2D eigenvalue weighted by Gasteiger charge is -2.01. The Bertz CT molecular complexity index is 383. The first kappa shape index (κ1) is 6.97. The summed E-state index contributed by atoms with van der Waals surface area (Å²) in [4.78, 5) is 8.49. The summed E-state index contributed by atoms with van der Waals surface area (Å²) in [5.74, 6) is 0. The van der Waals surface area contributed by atoms with Gasteiger partial charge in [0.05, 0.1) is 11.4 Å². The van der Waals surface area contributed by atoms with E-state index < -0.39 is 0 Å². The molecule has 0 saturated carbocycles. The van der Waals surface area contributed by atoms with Crippen LogP contribution in [0.5, 0.6) is 0 Å². The van der Waals surface area contributed by atoms with Crippen molar-refractivity contribution in [1.82, 2.24) is 4.98 Å². The number of nitrogens with zero attached hydrogens (tertiary/aromatic N) is 2. The highest BCUT2D eigenvalue weighted by Crippen LogP contribution is 2.30. The molecule has 3 heteroatoms. The third kappa shape index (κ3) is 1.17. The average Bonchev–Trinajstić information content (AvgIpc) is 2.96. The minimum Gasteiger partial charge on any atom is -0.359 e. The molecule has 0 N–H and O–H groups in total. The summed E-state index contributed by atoms with van der Waals surface area (Å²) in [6.45, 7) is 0. The molecule has 64 valence electrons. The van der Waals surface area contributed by atoms with Crippen molar-refractivity contribution in [1.29, 1.82) is 0 Å². The summed E-state index contributed by atoms with van der Waals surface area (Å²) in [7, 11) is 0. The second-order valence-electron chi connectivity index (χ2n) is 3.11. The molecule has 3 heterocycles. The summed E-state index contributed by atoms with van der Waals surface area (Å²) in [6, 6.07) is 5.80. The van der Waals surface area contributed by atoms with Crippen LogP contribution in [0.3, 0.4) is 0 Å². The Morgan fingerprint density at radius 3 is 3.00 bits per heavy atom. The van der Waals surface area contributed by atoms with Crippen molar-refractivity contribution in [3.8, 4) is 0 Å². The van der Waals surface area contributed by atoms with Crippen LogP contribution in [0.1, 0.15) is 5.69 Å². The Balaban J connectivity index is 1.98. The van der Waals surface area contributed by atoms with Gasteiger partial charge in [0.15, 0.2) is 0 Å². The van der Waals surface area contributed by atoms with E-state index in [1.165, 1.54) is 0 Å². The second-order valence-corrected chi connectivity index (χ2v) is 3.11. The Hall–Kier alpha value is -1.48. The molecule has 0 spiro atoms. The zero-order valence-electron chi connectivity index (χ0n) is 6.92. The fraction of sp³-hybridized carbons (Fsp3) is 0.200. The normalized spacial score (nSPS) is 29.4. The molecule has 2 aliphatic rings. The second kappa shape index (κ2) is 2.50. The minimum atomic E-state index is 0.229. The van der Waals surface area contributed by atoms with Gasteiger partial charge in [0, 0.05) is 12.4 Å². The first-order chi connectivity index (χ1) is 6.43. The maximum atomic E-state index is 5.28. The fourth-order valence-corrected chi connectivity index (χ4v) is 1.41. The smallest absolute Gasteiger partial charge is 0.123 e. The van der Waals surface area contributed by atoms with E-state index in [1.807, 2.05) is 30.5 Å². The average molecular weight is 172 g/mol. The van der Waals surface area contributed by atoms with Gasteiger partial charge in [0.1, 0.15) is 12.2 Å². The molecule has 0 aromatic carbocycles. The molecule has 0 unspecified atom stereocenters. The van der Waals surface area contributed by atoms with Gasteiger partial charge < -0.3 is 4.74 Å². The number of fused-ring (bicyclic) bond motifs is 1. The lowest BCUT2D eigenvalue weighted by atomic mass is 10.2. The highest BCUT2D eigenvalue weighted by atomic mass is 16.6. The molecule has 2 aliphatic heterocycles. The summed E-state index contributed by atoms with van der Waals surface area (Å²) >= 11 is 0. The van der Waals surface area contributed by atoms with Crippen molar-refractivity contribution in [3.63, 3.8) is 0 Å². The van der Waals surface area contributed by atoms with Crippen LogP contribution in [0, 0.1) is 0 Å². The summed E-state index contributed by atoms with van der Waals surface area (Å²) in [5.41, 5.74) is 1.83. The van der Waals surface area contributed by atoms with Crippen LogP contribution >= 0.6 is 0 Å². The maximum Gasteiger partial charge on any atom is 0.123 e. The van der Waals surface area contributed by atoms with E-state index >= 15 is 0 Å². The number of epoxide rings is 1. The zero-order chi connectivity index (χ0) is 8.67. The van der Waals surface area contributed by atoms with Crippen molar-refractivity contribution in [3.05, 3.63) is 36.2 Å². The highest BCUT2D eigenvalue weighted by Gasteiger charge is 2.38. The van der Waals surface area contributed by atoms with Gasteiger partial charge in [-0.05, 0) is 18.2 Å². The first-order valence-electron chi connectivity index (χ1n) is 4.26. The van der Waals surface area contributed by atoms with Crippen LogP contribution in [0.2, 0.25) is 0 Å². The lowest BCUT2D eigenvalue weighted by molar-refractivity contribution is 0.424. The van der Waals surface area contributed by atoms with E-state index in [4.69, 9.17) is 4.74 Å². The minimum absolute atomic E-state index is 0.229. The monoisotopic (exact) mass is 172 g/mol. The molecular formula is C10H8N2O. The molecule has 0 radical (unpaired) electrons. The Morgan fingerprint density at radius 1 is 1.23 bits per heavy atom. The van der Waals surface area contributed by atoms with E-state index in [0.717, 1.165) is 11.4 Å². The summed E-state index contributed by atoms with van der Waals surface area (Å²) in [5, 5.41) is 0. The van der Waals surface area contributed by atoms with E-state index in [-0.39, 0.29) is 12.2 Å². The number of aliphatic imine (C=N–C) groups is 1. The van der Waals surface area contributed by atoms with E-state index in [9.17, 15) is 0 Å². The highest BCUT2D eigenvalue weighted by molar-refractivity contribution is 5.81. The van der Waals surface area contributed by atoms with Crippen molar-refractivity contribution < 1.29 is 4.74 Å². The number of ether oxygens (including phenoxy) is 1. The summed E-state index contributed by atoms with van der Waals surface area (Å²) < 4.78 is 5.28. The van der Waals surface area contributed by atoms with Crippen LogP contribution in [-0.2, 0) is 4.74 Å². The molecule has 0 amide bonds. The van der Waals surface area contributed by atoms with Crippen molar-refractivity contribution >= 4 is 11.9 Å². The van der Waals surface area contributed by atoms with Gasteiger partial charge in [-0.1, -0.05) is 6.07 Å². The van der Waals surface area contributed by atoms with Gasteiger partial charge in [0.2, 0.25) is 0 Å². The Labute approximate surface area is 75.8 Å². The van der Waals surface area contributed by atoms with Crippen molar-refractivity contribution in [2.45, 2.75) is 12.2 Å². The molecule has 2 atom stereocenters. The zero-order valence-corrected chi connectivity index (χ0v) is 6.92. The van der Waals surface area contributed by atoms with Crippen molar-refractivity contribution in [2.24, 2.45) is 4.99 Å². The number of hydrogen-bond acceptors (Lipinski definition) is 3. The van der Waals surface area contributed by atoms with Gasteiger partial charge in [-0.2, -0.15) is 0 Å². The standard InChI is InChI=1S/C10H8N2O/c1-2-4-11-7(3-1)8-5-9-10(13-9)6-12-8/h1-6,9-10H/t9-,10+/m0/s1. The predicted molar refractivity (Wildman–Crippen MR) is 49.4 cm³/mol. The van der Waals surface area contributed by atoms with Gasteiger partial charge in [-0.3, -0.25) is 9.98 Å². The third-order valence-corrected chi connectivity index (χ3v) is 2.17. The molecule has 1 fully saturated rings. The van der Waals surface area contributed by atoms with Crippen LogP contribution < -0.4 is 0 Å². The summed E-state index contributed by atoms with van der Waals surface area (Å²) in [6.07, 6.45) is 6.11. The number of pyridine rings is 1. The van der Waals surface area contributed by atoms with Gasteiger partial charge in [-0.15, -0.1) is 0 Å². The van der Waals surface area contributed by atoms with Crippen LogP contribution in [0.4, 0.5) is 0 Å². The Kier molecular flexibility index (Phi) is 1.34. The first-order valence-corrected chi connectivity index (χ1v) is 4.26. The molecule has 3 nitrogen and oxygen atoms in total. The van der Waals surface area contributed by atoms with Gasteiger partial charge in [-0.25, -0.2) is 0 Å². The lowest BCUT2D eigenvalue weighted by Crippen LogP contribution is -2.00. The molecule has 1 saturated heterocycles. The quantitative estimate of drug-likeness (QED) is 0.598. The Morgan fingerprint density at radius 2 is 2.23 bits per heavy atom. The van der Waals surface area contributed by atoms with Crippen molar-refractivity contribution in [2.75, 3.05) is 0 Å². The van der Waals surface area contributed by atoms with Crippen LogP contribution in [-0.4, -0.2) is 23.4 Å². The molecule has 1 aromatic heterocycles. The number of aromatic nitrogens is 1. The molecule has 0 bridgehead atoms. The maximum absolute atomic E-state index is 5.28. The van der Waals surface area contributed by atoms with Gasteiger partial charge in [0.25, 0.3) is 0 Å². The van der Waals surface area contributed by atoms with E-state index in [0.29, 0.717) is 0 Å². The number of rotatable bonds is 1. The molecule has 1 aromatic rings. The predicted octanol–water partition coefficient (Wildman–Crippen LogP) is 1.27. The topological polar surface area (TPSA) is 37.8 Å². The van der Waals surface area contributed by atoms with E-state index in [1.54, 1.807) is 6.20 Å².